The zero-order chi connectivity index (χ0) is 16.8. The van der Waals surface area contributed by atoms with Crippen LogP contribution in [0.15, 0.2) is 24.3 Å². The van der Waals surface area contributed by atoms with Crippen LogP contribution in [0.2, 0.25) is 0 Å². The van der Waals surface area contributed by atoms with Crippen LogP contribution in [0.25, 0.3) is 0 Å². The number of nitrogens with one attached hydrogen (secondary N) is 2. The van der Waals surface area contributed by atoms with Crippen molar-refractivity contribution in [1.82, 2.24) is 0 Å². The molecule has 0 aromatic heterocycles. The summed E-state index contributed by atoms with van der Waals surface area (Å²) < 4.78 is 0. The molecule has 6 heteroatoms. The average molecular weight is 306 g/mol. The maximum Gasteiger partial charge on any atom is 0.303 e. The second-order valence-corrected chi connectivity index (χ2v) is 5.94. The molecule has 2 amide bonds. The number of hydrogen-bond donors (Lipinski definition) is 3. The summed E-state index contributed by atoms with van der Waals surface area (Å²) in [6, 6.07) is 6.83. The number of benzene rings is 1. The van der Waals surface area contributed by atoms with E-state index >= 15 is 0 Å². The number of rotatable bonds is 7. The van der Waals surface area contributed by atoms with E-state index < -0.39 is 11.4 Å². The monoisotopic (exact) mass is 306 g/mol. The van der Waals surface area contributed by atoms with Gasteiger partial charge < -0.3 is 15.7 Å². The van der Waals surface area contributed by atoms with Gasteiger partial charge in [0.25, 0.3) is 0 Å². The minimum Gasteiger partial charge on any atom is -0.481 e. The van der Waals surface area contributed by atoms with Gasteiger partial charge in [-0.1, -0.05) is 26.8 Å². The van der Waals surface area contributed by atoms with Crippen LogP contribution < -0.4 is 10.6 Å². The van der Waals surface area contributed by atoms with Gasteiger partial charge in [0.1, 0.15) is 0 Å². The SMILES string of the molecule is CCC(=O)Nc1cccc(NC(=O)CC(C)(C)CC(=O)O)c1. The third kappa shape index (κ3) is 6.39. The normalized spacial score (nSPS) is 10.9. The number of carbonyl (C=O) groups is 3. The molecule has 0 radical (unpaired) electrons. The molecule has 0 aliphatic heterocycles. The number of anilines is 2. The lowest BCUT2D eigenvalue weighted by atomic mass is 9.85. The summed E-state index contributed by atoms with van der Waals surface area (Å²) >= 11 is 0. The number of carboxylic acid groups (broad SMARTS) is 1. The molecule has 0 fully saturated rings. The molecule has 0 bridgehead atoms. The van der Waals surface area contributed by atoms with Crippen molar-refractivity contribution in [1.29, 1.82) is 0 Å². The Hall–Kier alpha value is -2.37. The fourth-order valence-corrected chi connectivity index (χ4v) is 2.04. The Balaban J connectivity index is 2.66. The van der Waals surface area contributed by atoms with Gasteiger partial charge in [0.15, 0.2) is 0 Å². The first kappa shape index (κ1) is 17.7. The highest BCUT2D eigenvalue weighted by atomic mass is 16.4. The van der Waals surface area contributed by atoms with E-state index in [-0.39, 0.29) is 24.7 Å². The largest absolute Gasteiger partial charge is 0.481 e. The van der Waals surface area contributed by atoms with Gasteiger partial charge in [-0.3, -0.25) is 14.4 Å². The Morgan fingerprint density at radius 1 is 1.05 bits per heavy atom. The number of amides is 2. The molecule has 6 nitrogen and oxygen atoms in total. The van der Waals surface area contributed by atoms with Crippen molar-refractivity contribution in [2.24, 2.45) is 5.41 Å². The molecule has 1 aromatic carbocycles. The topological polar surface area (TPSA) is 95.5 Å². The Morgan fingerprint density at radius 3 is 2.09 bits per heavy atom. The Labute approximate surface area is 129 Å². The minimum absolute atomic E-state index is 0.0764. The average Bonchev–Trinajstić information content (AvgIpc) is 2.36. The number of carbonyl (C=O) groups excluding carboxylic acids is 2. The fourth-order valence-electron chi connectivity index (χ4n) is 2.04. The van der Waals surface area contributed by atoms with Gasteiger partial charge >= 0.3 is 5.97 Å². The molecule has 0 heterocycles. The standard InChI is InChI=1S/C16H22N2O4/c1-4-13(19)17-11-6-5-7-12(8-11)18-14(20)9-16(2,3)10-15(21)22/h5-8H,4,9-10H2,1-3H3,(H,17,19)(H,18,20)(H,21,22). The van der Waals surface area contributed by atoms with E-state index in [2.05, 4.69) is 10.6 Å². The van der Waals surface area contributed by atoms with Gasteiger partial charge in [-0.25, -0.2) is 0 Å². The quantitative estimate of drug-likeness (QED) is 0.721. The van der Waals surface area contributed by atoms with Crippen LogP contribution in [0.4, 0.5) is 11.4 Å². The summed E-state index contributed by atoms with van der Waals surface area (Å²) in [5, 5.41) is 14.3. The van der Waals surface area contributed by atoms with E-state index in [4.69, 9.17) is 5.11 Å². The first-order chi connectivity index (χ1) is 10.2. The van der Waals surface area contributed by atoms with Gasteiger partial charge in [-0.2, -0.15) is 0 Å². The first-order valence-electron chi connectivity index (χ1n) is 7.13. The Morgan fingerprint density at radius 2 is 1.59 bits per heavy atom. The second-order valence-electron chi connectivity index (χ2n) is 5.94. The fraction of sp³-hybridized carbons (Fsp3) is 0.438. The molecule has 0 saturated carbocycles. The highest BCUT2D eigenvalue weighted by Gasteiger charge is 2.25. The third-order valence-electron chi connectivity index (χ3n) is 3.02. The van der Waals surface area contributed by atoms with Crippen molar-refractivity contribution in [2.75, 3.05) is 10.6 Å². The summed E-state index contributed by atoms with van der Waals surface area (Å²) in [5.74, 6) is -1.29. The molecule has 3 N–H and O–H groups in total. The van der Waals surface area contributed by atoms with Gasteiger partial charge in [0, 0.05) is 24.2 Å². The third-order valence-corrected chi connectivity index (χ3v) is 3.02. The van der Waals surface area contributed by atoms with E-state index in [0.717, 1.165) is 0 Å². The molecule has 0 spiro atoms. The van der Waals surface area contributed by atoms with Gasteiger partial charge in [-0.05, 0) is 23.6 Å². The summed E-state index contributed by atoms with van der Waals surface area (Å²) in [4.78, 5) is 34.1. The van der Waals surface area contributed by atoms with Crippen LogP contribution in [-0.2, 0) is 14.4 Å². The highest BCUT2D eigenvalue weighted by molar-refractivity contribution is 5.94. The number of carboxylic acids is 1. The van der Waals surface area contributed by atoms with E-state index in [0.29, 0.717) is 17.8 Å². The van der Waals surface area contributed by atoms with Crippen LogP contribution in [0.1, 0.15) is 40.0 Å². The van der Waals surface area contributed by atoms with Crippen molar-refractivity contribution >= 4 is 29.2 Å². The van der Waals surface area contributed by atoms with E-state index in [9.17, 15) is 14.4 Å². The lowest BCUT2D eigenvalue weighted by molar-refractivity contribution is -0.139. The van der Waals surface area contributed by atoms with E-state index in [1.807, 2.05) is 0 Å². The zero-order valence-corrected chi connectivity index (χ0v) is 13.1. The van der Waals surface area contributed by atoms with E-state index in [1.54, 1.807) is 45.0 Å². The van der Waals surface area contributed by atoms with Crippen LogP contribution in [0.5, 0.6) is 0 Å². The van der Waals surface area contributed by atoms with Crippen LogP contribution in [0.3, 0.4) is 0 Å². The van der Waals surface area contributed by atoms with Crippen molar-refractivity contribution in [3.8, 4) is 0 Å². The molecule has 22 heavy (non-hydrogen) atoms. The number of aliphatic carboxylic acids is 1. The van der Waals surface area contributed by atoms with Crippen molar-refractivity contribution in [3.63, 3.8) is 0 Å². The van der Waals surface area contributed by atoms with Crippen LogP contribution >= 0.6 is 0 Å². The first-order valence-corrected chi connectivity index (χ1v) is 7.13. The van der Waals surface area contributed by atoms with E-state index in [1.165, 1.54) is 0 Å². The molecule has 0 saturated heterocycles. The molecule has 0 atom stereocenters. The maximum atomic E-state index is 12.0. The second kappa shape index (κ2) is 7.59. The zero-order valence-electron chi connectivity index (χ0n) is 13.1. The molecule has 1 rings (SSSR count). The summed E-state index contributed by atoms with van der Waals surface area (Å²) in [6.07, 6.45) is 0.401. The lowest BCUT2D eigenvalue weighted by Gasteiger charge is -2.21. The molecular formula is C16H22N2O4. The molecule has 0 unspecified atom stereocenters. The molecule has 0 aliphatic rings. The van der Waals surface area contributed by atoms with Crippen LogP contribution in [-0.4, -0.2) is 22.9 Å². The lowest BCUT2D eigenvalue weighted by Crippen LogP contribution is -2.24. The number of hydrogen-bond acceptors (Lipinski definition) is 3. The molecular weight excluding hydrogens is 284 g/mol. The predicted octanol–water partition coefficient (Wildman–Crippen LogP) is 2.86. The molecule has 0 aliphatic carbocycles. The molecule has 1 aromatic rings. The minimum atomic E-state index is -0.929. The summed E-state index contributed by atoms with van der Waals surface area (Å²) in [7, 11) is 0. The molecule has 120 valence electrons. The van der Waals surface area contributed by atoms with Crippen molar-refractivity contribution < 1.29 is 19.5 Å². The van der Waals surface area contributed by atoms with Gasteiger partial charge in [-0.15, -0.1) is 0 Å². The van der Waals surface area contributed by atoms with Crippen LogP contribution in [0, 0.1) is 5.41 Å². The Bertz CT molecular complexity index is 567. The van der Waals surface area contributed by atoms with Crippen molar-refractivity contribution in [2.45, 2.75) is 40.0 Å². The highest BCUT2D eigenvalue weighted by Crippen LogP contribution is 2.26. The van der Waals surface area contributed by atoms with Crippen molar-refractivity contribution in [3.05, 3.63) is 24.3 Å². The van der Waals surface area contributed by atoms with Gasteiger partial charge in [0.2, 0.25) is 11.8 Å². The Kier molecular flexibility index (Phi) is 6.10. The summed E-state index contributed by atoms with van der Waals surface area (Å²) in [5.41, 5.74) is 0.545. The summed E-state index contributed by atoms with van der Waals surface area (Å²) in [6.45, 7) is 5.22. The smallest absolute Gasteiger partial charge is 0.303 e. The predicted molar refractivity (Wildman–Crippen MR) is 84.6 cm³/mol. The maximum absolute atomic E-state index is 12.0. The van der Waals surface area contributed by atoms with Gasteiger partial charge in [0.05, 0.1) is 6.42 Å².